The molecule has 1 aromatic rings. The summed E-state index contributed by atoms with van der Waals surface area (Å²) in [7, 11) is 0. The maximum absolute atomic E-state index is 13.0. The zero-order valence-corrected chi connectivity index (χ0v) is 15.2. The van der Waals surface area contributed by atoms with Crippen molar-refractivity contribution >= 4 is 5.91 Å². The Kier molecular flexibility index (Phi) is 5.14. The van der Waals surface area contributed by atoms with E-state index in [2.05, 4.69) is 18.7 Å². The zero-order valence-electron chi connectivity index (χ0n) is 15.2. The summed E-state index contributed by atoms with van der Waals surface area (Å²) in [5.41, 5.74) is 1.44. The number of carbonyl (C=O) groups excluding carboxylic acids is 1. The van der Waals surface area contributed by atoms with E-state index in [9.17, 15) is 9.90 Å². The van der Waals surface area contributed by atoms with E-state index >= 15 is 0 Å². The van der Waals surface area contributed by atoms with E-state index in [0.29, 0.717) is 17.5 Å². The standard InChI is InChI=1S/C20H30N2O2/c1-14(2)18-13-22(10-4-9-21(18)12-16-5-6-16)20(24)17-7-8-19(23)15(3)11-17/h7-8,11,14,16,18,23H,4-6,9-10,12-13H2,1-3H3/t18-/m1/s1. The summed E-state index contributed by atoms with van der Waals surface area (Å²) in [4.78, 5) is 17.6. The maximum atomic E-state index is 13.0. The topological polar surface area (TPSA) is 43.8 Å². The molecule has 1 saturated carbocycles. The number of nitrogens with zero attached hydrogens (tertiary/aromatic N) is 2. The van der Waals surface area contributed by atoms with Gasteiger partial charge in [0.1, 0.15) is 5.75 Å². The smallest absolute Gasteiger partial charge is 0.253 e. The Hall–Kier alpha value is -1.55. The second-order valence-electron chi connectivity index (χ2n) is 7.86. The molecule has 24 heavy (non-hydrogen) atoms. The number of aromatic hydroxyl groups is 1. The molecule has 1 amide bonds. The fourth-order valence-electron chi connectivity index (χ4n) is 3.71. The minimum Gasteiger partial charge on any atom is -0.508 e. The zero-order chi connectivity index (χ0) is 17.3. The number of benzene rings is 1. The molecule has 0 radical (unpaired) electrons. The van der Waals surface area contributed by atoms with Crippen LogP contribution < -0.4 is 0 Å². The van der Waals surface area contributed by atoms with Crippen LogP contribution in [0.5, 0.6) is 5.75 Å². The Morgan fingerprint density at radius 3 is 2.67 bits per heavy atom. The highest BCUT2D eigenvalue weighted by Gasteiger charge is 2.33. The highest BCUT2D eigenvalue weighted by atomic mass is 16.3. The van der Waals surface area contributed by atoms with Crippen molar-refractivity contribution < 1.29 is 9.90 Å². The minimum absolute atomic E-state index is 0.0945. The molecule has 1 aliphatic carbocycles. The number of phenols is 1. The van der Waals surface area contributed by atoms with Gasteiger partial charge in [-0.2, -0.15) is 0 Å². The molecule has 1 atom stereocenters. The second-order valence-corrected chi connectivity index (χ2v) is 7.86. The van der Waals surface area contributed by atoms with E-state index in [1.165, 1.54) is 19.4 Å². The molecule has 4 heteroatoms. The predicted molar refractivity (Wildman–Crippen MR) is 96.3 cm³/mol. The average molecular weight is 330 g/mol. The molecule has 0 unspecified atom stereocenters. The lowest BCUT2D eigenvalue weighted by Crippen LogP contribution is -2.46. The summed E-state index contributed by atoms with van der Waals surface area (Å²) >= 11 is 0. The van der Waals surface area contributed by atoms with Crippen LogP contribution in [0.4, 0.5) is 0 Å². The van der Waals surface area contributed by atoms with E-state index in [-0.39, 0.29) is 11.7 Å². The predicted octanol–water partition coefficient (Wildman–Crippen LogP) is 3.28. The highest BCUT2D eigenvalue weighted by molar-refractivity contribution is 5.94. The molecule has 0 spiro atoms. The van der Waals surface area contributed by atoms with Gasteiger partial charge in [-0.25, -0.2) is 0 Å². The normalized spacial score (nSPS) is 22.7. The van der Waals surface area contributed by atoms with E-state index in [4.69, 9.17) is 0 Å². The fraction of sp³-hybridized carbons (Fsp3) is 0.650. The van der Waals surface area contributed by atoms with Gasteiger partial charge in [0.25, 0.3) is 5.91 Å². The van der Waals surface area contributed by atoms with Gasteiger partial charge < -0.3 is 10.0 Å². The molecule has 0 bridgehead atoms. The van der Waals surface area contributed by atoms with Crippen LogP contribution in [0.15, 0.2) is 18.2 Å². The van der Waals surface area contributed by atoms with Crippen molar-refractivity contribution in [3.63, 3.8) is 0 Å². The monoisotopic (exact) mass is 330 g/mol. The molecule has 2 fully saturated rings. The number of rotatable bonds is 4. The number of hydrogen-bond donors (Lipinski definition) is 1. The molecular formula is C20H30N2O2. The van der Waals surface area contributed by atoms with E-state index in [1.54, 1.807) is 18.2 Å². The molecule has 0 aromatic heterocycles. The molecule has 2 aliphatic rings. The molecular weight excluding hydrogens is 300 g/mol. The van der Waals surface area contributed by atoms with Crippen LogP contribution in [0, 0.1) is 18.8 Å². The lowest BCUT2D eigenvalue weighted by Gasteiger charge is -2.34. The first-order chi connectivity index (χ1) is 11.5. The van der Waals surface area contributed by atoms with Crippen LogP contribution in [-0.2, 0) is 0 Å². The van der Waals surface area contributed by atoms with Crippen molar-refractivity contribution in [2.45, 2.75) is 46.1 Å². The molecule has 1 aromatic carbocycles. The van der Waals surface area contributed by atoms with Gasteiger partial charge in [-0.05, 0) is 61.8 Å². The lowest BCUT2D eigenvalue weighted by molar-refractivity contribution is 0.0704. The Balaban J connectivity index is 1.74. The van der Waals surface area contributed by atoms with Gasteiger partial charge in [0.05, 0.1) is 0 Å². The molecule has 132 valence electrons. The van der Waals surface area contributed by atoms with Crippen molar-refractivity contribution in [3.8, 4) is 5.75 Å². The largest absolute Gasteiger partial charge is 0.508 e. The van der Waals surface area contributed by atoms with E-state index < -0.39 is 0 Å². The van der Waals surface area contributed by atoms with Crippen molar-refractivity contribution in [1.29, 1.82) is 0 Å². The third kappa shape index (κ3) is 3.92. The summed E-state index contributed by atoms with van der Waals surface area (Å²) in [5.74, 6) is 1.77. The fourth-order valence-corrected chi connectivity index (χ4v) is 3.71. The Morgan fingerprint density at radius 1 is 1.29 bits per heavy atom. The van der Waals surface area contributed by atoms with Gasteiger partial charge in [0.15, 0.2) is 0 Å². The van der Waals surface area contributed by atoms with Gasteiger partial charge in [-0.1, -0.05) is 13.8 Å². The molecule has 1 N–H and O–H groups in total. The average Bonchev–Trinajstić information content (AvgIpc) is 3.36. The van der Waals surface area contributed by atoms with Gasteiger partial charge in [-0.15, -0.1) is 0 Å². The summed E-state index contributed by atoms with van der Waals surface area (Å²) in [6.07, 6.45) is 3.78. The van der Waals surface area contributed by atoms with Crippen LogP contribution in [0.1, 0.15) is 49.0 Å². The molecule has 1 aliphatic heterocycles. The summed E-state index contributed by atoms with van der Waals surface area (Å²) < 4.78 is 0. The number of aryl methyl sites for hydroxylation is 1. The Bertz CT molecular complexity index is 595. The number of hydrogen-bond acceptors (Lipinski definition) is 3. The number of carbonyl (C=O) groups is 1. The van der Waals surface area contributed by atoms with Gasteiger partial charge >= 0.3 is 0 Å². The number of phenolic OH excluding ortho intramolecular Hbond substituents is 1. The lowest BCUT2D eigenvalue weighted by atomic mass is 10.0. The number of amides is 1. The molecule has 1 saturated heterocycles. The maximum Gasteiger partial charge on any atom is 0.253 e. The first kappa shape index (κ1) is 17.3. The van der Waals surface area contributed by atoms with E-state index in [0.717, 1.165) is 37.5 Å². The van der Waals surface area contributed by atoms with Gasteiger partial charge in [0, 0.05) is 37.8 Å². The van der Waals surface area contributed by atoms with Gasteiger partial charge in [0.2, 0.25) is 0 Å². The Morgan fingerprint density at radius 2 is 2.04 bits per heavy atom. The first-order valence-electron chi connectivity index (χ1n) is 9.28. The van der Waals surface area contributed by atoms with Crippen molar-refractivity contribution in [2.75, 3.05) is 26.2 Å². The van der Waals surface area contributed by atoms with Gasteiger partial charge in [-0.3, -0.25) is 9.69 Å². The summed E-state index contributed by atoms with van der Waals surface area (Å²) in [5, 5.41) is 9.69. The third-order valence-electron chi connectivity index (χ3n) is 5.44. The first-order valence-corrected chi connectivity index (χ1v) is 9.28. The van der Waals surface area contributed by atoms with Crippen molar-refractivity contribution in [3.05, 3.63) is 29.3 Å². The third-order valence-corrected chi connectivity index (χ3v) is 5.44. The summed E-state index contributed by atoms with van der Waals surface area (Å²) in [6.45, 7) is 10.3. The molecule has 1 heterocycles. The van der Waals surface area contributed by atoms with Crippen LogP contribution >= 0.6 is 0 Å². The van der Waals surface area contributed by atoms with Crippen LogP contribution in [0.25, 0.3) is 0 Å². The van der Waals surface area contributed by atoms with Crippen LogP contribution in [0.2, 0.25) is 0 Å². The van der Waals surface area contributed by atoms with Crippen LogP contribution in [0.3, 0.4) is 0 Å². The second kappa shape index (κ2) is 7.14. The Labute approximate surface area is 145 Å². The SMILES string of the molecule is Cc1cc(C(=O)N2CCCN(CC3CC3)[C@@H](C(C)C)C2)ccc1O. The molecule has 4 nitrogen and oxygen atoms in total. The van der Waals surface area contributed by atoms with Crippen LogP contribution in [-0.4, -0.2) is 53.0 Å². The minimum atomic E-state index is 0.0945. The van der Waals surface area contributed by atoms with Crippen molar-refractivity contribution in [2.24, 2.45) is 11.8 Å². The van der Waals surface area contributed by atoms with Crippen molar-refractivity contribution in [1.82, 2.24) is 9.80 Å². The quantitative estimate of drug-likeness (QED) is 0.921. The summed E-state index contributed by atoms with van der Waals surface area (Å²) in [6, 6.07) is 5.60. The van der Waals surface area contributed by atoms with E-state index in [1.807, 2.05) is 11.8 Å². The highest BCUT2D eigenvalue weighted by Crippen LogP contribution is 2.32. The molecule has 3 rings (SSSR count).